The Morgan fingerprint density at radius 3 is 2.24 bits per heavy atom. The van der Waals surface area contributed by atoms with Crippen LogP contribution in [0.2, 0.25) is 0 Å². The second kappa shape index (κ2) is 12.8. The Labute approximate surface area is 271 Å². The number of amides is 3. The maximum atomic E-state index is 15.1. The molecule has 3 amide bonds. The highest BCUT2D eigenvalue weighted by molar-refractivity contribution is 8.02. The number of anilines is 1. The number of hydrogen-bond acceptors (Lipinski definition) is 5. The second-order valence-electron chi connectivity index (χ2n) is 13.2. The monoisotopic (exact) mass is 627 g/mol. The average molecular weight is 628 g/mol. The van der Waals surface area contributed by atoms with Gasteiger partial charge in [0.15, 0.2) is 0 Å². The smallest absolute Gasteiger partial charge is 0.247 e. The van der Waals surface area contributed by atoms with Crippen molar-refractivity contribution in [1.29, 1.82) is 0 Å². The van der Waals surface area contributed by atoms with Crippen LogP contribution in [0.4, 0.5) is 5.69 Å². The fraction of sp³-hybridized carbons (Fsp3) is 0.486. The Morgan fingerprint density at radius 1 is 0.978 bits per heavy atom. The summed E-state index contributed by atoms with van der Waals surface area (Å²) in [5, 5.41) is 10.9. The molecule has 3 aliphatic heterocycles. The maximum absolute atomic E-state index is 15.1. The number of aliphatic hydroxyl groups is 1. The average Bonchev–Trinajstić information content (AvgIpc) is 3.64. The van der Waals surface area contributed by atoms with Gasteiger partial charge in [0.05, 0.1) is 29.2 Å². The number of aliphatic hydroxyl groups excluding tert-OH is 1. The summed E-state index contributed by atoms with van der Waals surface area (Å²) in [7, 11) is 0. The Morgan fingerprint density at radius 2 is 1.62 bits per heavy atom. The lowest BCUT2D eigenvalue weighted by Crippen LogP contribution is -2.58. The minimum absolute atomic E-state index is 0.0807. The van der Waals surface area contributed by atoms with Crippen molar-refractivity contribution in [2.45, 2.75) is 79.5 Å². The van der Waals surface area contributed by atoms with Crippen molar-refractivity contribution < 1.29 is 19.5 Å². The number of carbonyl (C=O) groups is 3. The molecular weight excluding hydrogens is 582 g/mol. The van der Waals surface area contributed by atoms with Gasteiger partial charge >= 0.3 is 0 Å². The summed E-state index contributed by atoms with van der Waals surface area (Å²) < 4.78 is -1.29. The third kappa shape index (κ3) is 5.24. The van der Waals surface area contributed by atoms with Gasteiger partial charge in [-0.15, -0.1) is 24.9 Å². The molecule has 2 aromatic carbocycles. The molecule has 45 heavy (non-hydrogen) atoms. The SMILES string of the molecule is C=CCN(C(=O)[C@H]1[C@H]2C(=O)N([C@H](CO)c3ccccc3)C(C(=O)N(CC=C)C3CCCCC3)C23CC[C@]1(C)S3)c1ccccc1. The van der Waals surface area contributed by atoms with Gasteiger partial charge in [0.25, 0.3) is 0 Å². The van der Waals surface area contributed by atoms with Crippen molar-refractivity contribution in [3.05, 3.63) is 91.5 Å². The van der Waals surface area contributed by atoms with Gasteiger partial charge in [-0.25, -0.2) is 0 Å². The van der Waals surface area contributed by atoms with Crippen molar-refractivity contribution in [3.8, 4) is 0 Å². The first-order chi connectivity index (χ1) is 21.8. The normalized spacial score (nSPS) is 29.7. The summed E-state index contributed by atoms with van der Waals surface area (Å²) in [4.78, 5) is 50.2. The van der Waals surface area contributed by atoms with E-state index in [9.17, 15) is 9.90 Å². The van der Waals surface area contributed by atoms with E-state index in [-0.39, 0.29) is 30.4 Å². The molecule has 7 nitrogen and oxygen atoms in total. The molecule has 238 valence electrons. The fourth-order valence-corrected chi connectivity index (χ4v) is 11.0. The van der Waals surface area contributed by atoms with E-state index < -0.39 is 33.4 Å². The number of carbonyl (C=O) groups excluding carboxylic acids is 3. The molecule has 2 bridgehead atoms. The van der Waals surface area contributed by atoms with Crippen LogP contribution in [0.15, 0.2) is 86.0 Å². The van der Waals surface area contributed by atoms with Crippen LogP contribution >= 0.6 is 11.8 Å². The third-order valence-electron chi connectivity index (χ3n) is 10.7. The van der Waals surface area contributed by atoms with Crippen molar-refractivity contribution in [3.63, 3.8) is 0 Å². The number of hydrogen-bond donors (Lipinski definition) is 1. The Bertz CT molecular complexity index is 1430. The first-order valence-electron chi connectivity index (χ1n) is 16.4. The van der Waals surface area contributed by atoms with Crippen LogP contribution in [0.5, 0.6) is 0 Å². The predicted molar refractivity (Wildman–Crippen MR) is 180 cm³/mol. The summed E-state index contributed by atoms with van der Waals surface area (Å²) in [6.45, 7) is 10.4. The van der Waals surface area contributed by atoms with Crippen LogP contribution in [-0.2, 0) is 14.4 Å². The summed E-state index contributed by atoms with van der Waals surface area (Å²) in [5.74, 6) is -1.71. The topological polar surface area (TPSA) is 81.2 Å². The molecule has 1 saturated carbocycles. The van der Waals surface area contributed by atoms with Gasteiger partial charge in [-0.1, -0.05) is 79.9 Å². The van der Waals surface area contributed by atoms with Gasteiger partial charge in [0.2, 0.25) is 17.7 Å². The van der Waals surface area contributed by atoms with E-state index in [1.54, 1.807) is 33.7 Å². The number of thioether (sulfide) groups is 1. The minimum atomic E-state index is -0.802. The van der Waals surface area contributed by atoms with Crippen LogP contribution in [0.25, 0.3) is 0 Å². The van der Waals surface area contributed by atoms with Crippen LogP contribution in [0, 0.1) is 11.8 Å². The Balaban J connectivity index is 1.47. The van der Waals surface area contributed by atoms with Gasteiger partial charge in [-0.05, 0) is 50.3 Å². The molecule has 0 aromatic heterocycles. The Kier molecular flexibility index (Phi) is 8.99. The van der Waals surface area contributed by atoms with E-state index in [0.717, 1.165) is 49.8 Å². The molecule has 2 unspecified atom stereocenters. The lowest BCUT2D eigenvalue weighted by Gasteiger charge is -2.42. The van der Waals surface area contributed by atoms with Crippen molar-refractivity contribution >= 4 is 35.2 Å². The highest BCUT2D eigenvalue weighted by Crippen LogP contribution is 2.72. The first kappa shape index (κ1) is 31.6. The molecule has 2 aromatic rings. The first-order valence-corrected chi connectivity index (χ1v) is 17.2. The summed E-state index contributed by atoms with van der Waals surface area (Å²) in [5.41, 5.74) is 1.54. The molecule has 1 N–H and O–H groups in total. The van der Waals surface area contributed by atoms with Gasteiger partial charge in [-0.2, -0.15) is 0 Å². The standard InChI is InChI=1S/C37H45N3O4S/c1-4-23-38(27-17-11-7-12-18-27)33(42)30-31-34(43)40(29(25-41)26-15-9-6-10-16-26)32(37(31)22-21-36(30,3)45-37)35(44)39(24-5-2)28-19-13-8-14-20-28/h4-7,9-12,15-18,28-32,41H,1-2,8,13-14,19-25H2,3H3/t29-,30-,31+,32?,36+,37?/m1/s1. The maximum Gasteiger partial charge on any atom is 0.247 e. The molecule has 1 aliphatic carbocycles. The zero-order valence-electron chi connectivity index (χ0n) is 26.2. The zero-order valence-corrected chi connectivity index (χ0v) is 27.0. The van der Waals surface area contributed by atoms with E-state index >= 15 is 9.59 Å². The predicted octanol–water partition coefficient (Wildman–Crippen LogP) is 5.77. The molecule has 8 heteroatoms. The van der Waals surface area contributed by atoms with E-state index in [1.165, 1.54) is 0 Å². The van der Waals surface area contributed by atoms with Crippen LogP contribution in [-0.4, -0.2) is 73.9 Å². The quantitative estimate of drug-likeness (QED) is 0.320. The highest BCUT2D eigenvalue weighted by atomic mass is 32.2. The summed E-state index contributed by atoms with van der Waals surface area (Å²) in [6.07, 6.45) is 10.0. The molecule has 4 fully saturated rings. The van der Waals surface area contributed by atoms with Gasteiger partial charge in [0, 0.05) is 29.6 Å². The molecule has 3 saturated heterocycles. The summed E-state index contributed by atoms with van der Waals surface area (Å²) >= 11 is 1.68. The highest BCUT2D eigenvalue weighted by Gasteiger charge is 2.78. The van der Waals surface area contributed by atoms with Crippen molar-refractivity contribution in [1.82, 2.24) is 9.80 Å². The molecule has 0 radical (unpaired) electrons. The summed E-state index contributed by atoms with van der Waals surface area (Å²) in [6, 6.07) is 17.6. The van der Waals surface area contributed by atoms with Gasteiger partial charge in [0.1, 0.15) is 6.04 Å². The van der Waals surface area contributed by atoms with Gasteiger partial charge < -0.3 is 19.8 Å². The molecule has 3 heterocycles. The Hall–Kier alpha value is -3.36. The lowest BCUT2D eigenvalue weighted by molar-refractivity contribution is -0.147. The molecule has 4 aliphatic rings. The minimum Gasteiger partial charge on any atom is -0.394 e. The fourth-order valence-electron chi connectivity index (χ4n) is 8.72. The van der Waals surface area contributed by atoms with Gasteiger partial charge in [-0.3, -0.25) is 14.4 Å². The zero-order chi connectivity index (χ0) is 31.8. The van der Waals surface area contributed by atoms with Crippen LogP contribution < -0.4 is 4.90 Å². The van der Waals surface area contributed by atoms with Crippen molar-refractivity contribution in [2.24, 2.45) is 11.8 Å². The van der Waals surface area contributed by atoms with Crippen LogP contribution in [0.3, 0.4) is 0 Å². The second-order valence-corrected chi connectivity index (χ2v) is 15.1. The van der Waals surface area contributed by atoms with E-state index in [0.29, 0.717) is 19.5 Å². The molecule has 6 atom stereocenters. The largest absolute Gasteiger partial charge is 0.394 e. The van der Waals surface area contributed by atoms with E-state index in [4.69, 9.17) is 0 Å². The van der Waals surface area contributed by atoms with Crippen LogP contribution in [0.1, 0.15) is 63.5 Å². The number of nitrogens with zero attached hydrogens (tertiary/aromatic N) is 3. The number of fused-ring (bicyclic) bond motifs is 1. The number of likely N-dealkylation sites (tertiary alicyclic amines) is 1. The third-order valence-corrected chi connectivity index (χ3v) is 12.7. The number of benzene rings is 2. The molecule has 6 rings (SSSR count). The van der Waals surface area contributed by atoms with E-state index in [2.05, 4.69) is 20.1 Å². The number of rotatable bonds is 11. The molecular formula is C37H45N3O4S. The number of para-hydroxylation sites is 1. The lowest BCUT2D eigenvalue weighted by atomic mass is 9.66. The van der Waals surface area contributed by atoms with E-state index in [1.807, 2.05) is 65.6 Å². The molecule has 1 spiro atoms. The van der Waals surface area contributed by atoms with Crippen molar-refractivity contribution in [2.75, 3.05) is 24.6 Å².